The number of carboxylic acid groups (broad SMARTS) is 1. The Bertz CT molecular complexity index is 852. The zero-order valence-electron chi connectivity index (χ0n) is 13.7. The lowest BCUT2D eigenvalue weighted by Gasteiger charge is -2.11. The third-order valence-electron chi connectivity index (χ3n) is 3.75. The van der Waals surface area contributed by atoms with Crippen LogP contribution in [-0.2, 0) is 10.9 Å². The fourth-order valence-electron chi connectivity index (χ4n) is 2.82. The highest BCUT2D eigenvalue weighted by Gasteiger charge is 2.33. The first-order valence-electron chi connectivity index (χ1n) is 7.76. The zero-order valence-corrected chi connectivity index (χ0v) is 14.5. The molecular formula is C21H19O2S+. The highest BCUT2D eigenvalue weighted by Crippen LogP contribution is 2.34. The monoisotopic (exact) mass is 335 g/mol. The van der Waals surface area contributed by atoms with Gasteiger partial charge in [-0.1, -0.05) is 36.4 Å². The molecular weight excluding hydrogens is 316 g/mol. The molecule has 120 valence electrons. The van der Waals surface area contributed by atoms with Crippen molar-refractivity contribution in [2.75, 3.05) is 0 Å². The molecule has 0 aliphatic rings. The Hall–Kier alpha value is -2.52. The predicted octanol–water partition coefficient (Wildman–Crippen LogP) is 5.10. The molecule has 3 rings (SSSR count). The molecule has 2 nitrogen and oxygen atoms in total. The second-order valence-electron chi connectivity index (χ2n) is 5.74. The van der Waals surface area contributed by atoms with E-state index in [4.69, 9.17) is 0 Å². The van der Waals surface area contributed by atoms with E-state index in [0.717, 1.165) is 14.7 Å². The lowest BCUT2D eigenvalue weighted by Crippen LogP contribution is -2.11. The summed E-state index contributed by atoms with van der Waals surface area (Å²) >= 11 is 0. The van der Waals surface area contributed by atoms with Gasteiger partial charge in [-0.15, -0.1) is 0 Å². The molecule has 3 heteroatoms. The van der Waals surface area contributed by atoms with E-state index in [-0.39, 0.29) is 0 Å². The summed E-state index contributed by atoms with van der Waals surface area (Å²) in [5.74, 6) is -0.886. The molecule has 0 aliphatic heterocycles. The van der Waals surface area contributed by atoms with Crippen LogP contribution in [0, 0.1) is 13.8 Å². The van der Waals surface area contributed by atoms with Crippen LogP contribution in [0.5, 0.6) is 0 Å². The smallest absolute Gasteiger partial charge is 0.340 e. The minimum absolute atomic E-state index is 0.365. The van der Waals surface area contributed by atoms with Gasteiger partial charge in [-0.3, -0.25) is 0 Å². The minimum Gasteiger partial charge on any atom is -0.478 e. The fraction of sp³-hybridized carbons (Fsp3) is 0.0952. The number of aryl methyl sites for hydroxylation is 2. The van der Waals surface area contributed by atoms with Crippen molar-refractivity contribution in [3.63, 3.8) is 0 Å². The Morgan fingerprint density at radius 2 is 1.38 bits per heavy atom. The SMILES string of the molecule is Cc1cc(C)cc([S+](c2ccccc2)c2ccccc2C(=O)O)c1. The molecule has 0 amide bonds. The number of benzene rings is 3. The topological polar surface area (TPSA) is 37.3 Å². The van der Waals surface area contributed by atoms with Crippen LogP contribution in [0.1, 0.15) is 21.5 Å². The van der Waals surface area contributed by atoms with Gasteiger partial charge in [0, 0.05) is 0 Å². The van der Waals surface area contributed by atoms with Gasteiger partial charge in [0.05, 0.1) is 0 Å². The normalized spacial score (nSPS) is 11.9. The van der Waals surface area contributed by atoms with Crippen LogP contribution in [0.25, 0.3) is 0 Å². The summed E-state index contributed by atoms with van der Waals surface area (Å²) in [4.78, 5) is 14.8. The summed E-state index contributed by atoms with van der Waals surface area (Å²) in [6.45, 7) is 4.15. The molecule has 0 saturated heterocycles. The molecule has 24 heavy (non-hydrogen) atoms. The number of aromatic carboxylic acids is 1. The molecule has 0 aromatic heterocycles. The molecule has 0 spiro atoms. The van der Waals surface area contributed by atoms with Crippen molar-refractivity contribution in [1.29, 1.82) is 0 Å². The molecule has 0 aliphatic carbocycles. The highest BCUT2D eigenvalue weighted by molar-refractivity contribution is 7.97. The number of carbonyl (C=O) groups is 1. The van der Waals surface area contributed by atoms with E-state index >= 15 is 0 Å². The Balaban J connectivity index is 2.26. The fourth-order valence-corrected chi connectivity index (χ4v) is 5.23. The first-order valence-corrected chi connectivity index (χ1v) is 8.98. The molecule has 0 heterocycles. The molecule has 1 N–H and O–H groups in total. The largest absolute Gasteiger partial charge is 0.478 e. The first kappa shape index (κ1) is 16.3. The molecule has 0 radical (unpaired) electrons. The molecule has 1 unspecified atom stereocenters. The predicted molar refractivity (Wildman–Crippen MR) is 97.9 cm³/mol. The Morgan fingerprint density at radius 1 is 0.792 bits per heavy atom. The summed E-state index contributed by atoms with van der Waals surface area (Å²) in [5.41, 5.74) is 2.74. The molecule has 3 aromatic carbocycles. The average Bonchev–Trinajstić information content (AvgIpc) is 2.55. The molecule has 3 aromatic rings. The van der Waals surface area contributed by atoms with Gasteiger partial charge in [0.25, 0.3) is 0 Å². The first-order chi connectivity index (χ1) is 11.6. The number of hydrogen-bond donors (Lipinski definition) is 1. The van der Waals surface area contributed by atoms with Crippen molar-refractivity contribution < 1.29 is 9.90 Å². The van der Waals surface area contributed by atoms with Gasteiger partial charge in [-0.2, -0.15) is 0 Å². The van der Waals surface area contributed by atoms with Gasteiger partial charge in [0.15, 0.2) is 14.7 Å². The zero-order chi connectivity index (χ0) is 17.1. The summed E-state index contributed by atoms with van der Waals surface area (Å²) in [7, 11) is -0.448. The summed E-state index contributed by atoms with van der Waals surface area (Å²) < 4.78 is 0. The maximum atomic E-state index is 11.7. The molecule has 0 fully saturated rings. The Kier molecular flexibility index (Phi) is 4.72. The minimum atomic E-state index is -0.886. The van der Waals surface area contributed by atoms with Gasteiger partial charge >= 0.3 is 5.97 Å². The molecule has 0 bridgehead atoms. The van der Waals surface area contributed by atoms with E-state index in [1.807, 2.05) is 30.3 Å². The van der Waals surface area contributed by atoms with Crippen LogP contribution in [0.4, 0.5) is 0 Å². The van der Waals surface area contributed by atoms with Gasteiger partial charge in [-0.25, -0.2) is 4.79 Å². The average molecular weight is 335 g/mol. The summed E-state index contributed by atoms with van der Waals surface area (Å²) in [5, 5.41) is 9.62. The van der Waals surface area contributed by atoms with Crippen LogP contribution < -0.4 is 0 Å². The van der Waals surface area contributed by atoms with E-state index in [2.05, 4.69) is 44.2 Å². The van der Waals surface area contributed by atoms with Gasteiger partial charge in [-0.05, 0) is 61.4 Å². The van der Waals surface area contributed by atoms with Crippen LogP contribution in [-0.4, -0.2) is 11.1 Å². The maximum Gasteiger partial charge on any atom is 0.340 e. The standard InChI is InChI=1S/C21H18O2S/c1-15-12-16(2)14-18(13-15)24(17-8-4-3-5-9-17)20-11-7-6-10-19(20)21(22)23/h3-14H,1-2H3/p+1. The lowest BCUT2D eigenvalue weighted by atomic mass is 10.2. The Morgan fingerprint density at radius 3 is 2.00 bits per heavy atom. The van der Waals surface area contributed by atoms with Crippen molar-refractivity contribution in [1.82, 2.24) is 0 Å². The quantitative estimate of drug-likeness (QED) is 0.674. The lowest BCUT2D eigenvalue weighted by molar-refractivity contribution is 0.0693. The third kappa shape index (κ3) is 3.36. The molecule has 1 atom stereocenters. The third-order valence-corrected chi connectivity index (χ3v) is 5.99. The van der Waals surface area contributed by atoms with E-state index in [0.29, 0.717) is 5.56 Å². The molecule has 0 saturated carbocycles. The van der Waals surface area contributed by atoms with Crippen LogP contribution in [0.15, 0.2) is 87.5 Å². The number of carboxylic acids is 1. The van der Waals surface area contributed by atoms with Gasteiger partial charge < -0.3 is 5.11 Å². The van der Waals surface area contributed by atoms with Crippen molar-refractivity contribution in [3.8, 4) is 0 Å². The Labute approximate surface area is 145 Å². The highest BCUT2D eigenvalue weighted by atomic mass is 32.2. The summed E-state index contributed by atoms with van der Waals surface area (Å²) in [6, 6.07) is 23.9. The maximum absolute atomic E-state index is 11.7. The summed E-state index contributed by atoms with van der Waals surface area (Å²) in [6.07, 6.45) is 0. The van der Waals surface area contributed by atoms with Crippen molar-refractivity contribution in [2.24, 2.45) is 0 Å². The van der Waals surface area contributed by atoms with E-state index in [1.165, 1.54) is 11.1 Å². The van der Waals surface area contributed by atoms with Gasteiger partial charge in [0.2, 0.25) is 0 Å². The van der Waals surface area contributed by atoms with Crippen molar-refractivity contribution in [2.45, 2.75) is 28.5 Å². The van der Waals surface area contributed by atoms with Crippen molar-refractivity contribution >= 4 is 16.9 Å². The van der Waals surface area contributed by atoms with Crippen LogP contribution in [0.2, 0.25) is 0 Å². The van der Waals surface area contributed by atoms with E-state index in [1.54, 1.807) is 12.1 Å². The second kappa shape index (κ2) is 6.93. The second-order valence-corrected chi connectivity index (χ2v) is 7.74. The van der Waals surface area contributed by atoms with Crippen LogP contribution in [0.3, 0.4) is 0 Å². The van der Waals surface area contributed by atoms with Crippen LogP contribution >= 0.6 is 0 Å². The van der Waals surface area contributed by atoms with Gasteiger partial charge in [0.1, 0.15) is 16.5 Å². The van der Waals surface area contributed by atoms with E-state index in [9.17, 15) is 9.90 Å². The number of hydrogen-bond acceptors (Lipinski definition) is 1. The van der Waals surface area contributed by atoms with Crippen molar-refractivity contribution in [3.05, 3.63) is 89.5 Å². The van der Waals surface area contributed by atoms with E-state index < -0.39 is 16.9 Å². The number of rotatable bonds is 4.